The van der Waals surface area contributed by atoms with Crippen molar-refractivity contribution >= 4 is 10.0 Å². The average Bonchev–Trinajstić information content (AvgIpc) is 2.60. The zero-order valence-electron chi connectivity index (χ0n) is 15.7. The van der Waals surface area contributed by atoms with Gasteiger partial charge >= 0.3 is 0 Å². The molecule has 1 aromatic carbocycles. The summed E-state index contributed by atoms with van der Waals surface area (Å²) in [7, 11) is -2.04. The molecule has 0 aliphatic heterocycles. The maximum absolute atomic E-state index is 12.5. The van der Waals surface area contributed by atoms with Crippen LogP contribution in [-0.2, 0) is 15.4 Å². The normalized spacial score (nSPS) is 13.6. The number of aromatic nitrogens is 1. The van der Waals surface area contributed by atoms with Crippen molar-refractivity contribution in [3.63, 3.8) is 0 Å². The molecule has 0 aliphatic carbocycles. The highest BCUT2D eigenvalue weighted by molar-refractivity contribution is 7.89. The number of rotatable bonds is 7. The highest BCUT2D eigenvalue weighted by atomic mass is 32.2. The number of likely N-dealkylation sites (N-methyl/N-ethyl adjacent to an activating group) is 1. The van der Waals surface area contributed by atoms with E-state index in [9.17, 15) is 8.42 Å². The third-order valence-corrected chi connectivity index (χ3v) is 5.82. The van der Waals surface area contributed by atoms with Crippen molar-refractivity contribution < 1.29 is 13.2 Å². The molecule has 0 spiro atoms. The van der Waals surface area contributed by atoms with Crippen LogP contribution in [0.2, 0.25) is 0 Å². The molecule has 1 aromatic heterocycles. The Morgan fingerprint density at radius 1 is 1.19 bits per heavy atom. The Hall–Kier alpha value is -1.96. The van der Waals surface area contributed by atoms with Gasteiger partial charge in [-0.25, -0.2) is 8.42 Å². The molecule has 0 saturated heterocycles. The lowest BCUT2D eigenvalue weighted by Gasteiger charge is -2.22. The van der Waals surface area contributed by atoms with E-state index >= 15 is 0 Å². The third kappa shape index (κ3) is 5.27. The monoisotopic (exact) mass is 377 g/mol. The minimum Gasteiger partial charge on any atom is -0.490 e. The first-order valence-electron chi connectivity index (χ1n) is 8.46. The predicted octanol–water partition coefficient (Wildman–Crippen LogP) is 2.41. The van der Waals surface area contributed by atoms with E-state index in [1.165, 1.54) is 11.4 Å². The second-order valence-electron chi connectivity index (χ2n) is 7.33. The van der Waals surface area contributed by atoms with Gasteiger partial charge in [0, 0.05) is 19.8 Å². The summed E-state index contributed by atoms with van der Waals surface area (Å²) >= 11 is 0. The largest absolute Gasteiger partial charge is 0.490 e. The van der Waals surface area contributed by atoms with Crippen LogP contribution in [0.3, 0.4) is 0 Å². The first-order valence-corrected chi connectivity index (χ1v) is 9.90. The predicted molar refractivity (Wildman–Crippen MR) is 103 cm³/mol. The molecule has 26 heavy (non-hydrogen) atoms. The van der Waals surface area contributed by atoms with Gasteiger partial charge in [-0.1, -0.05) is 39.0 Å². The molecule has 2 rings (SSSR count). The van der Waals surface area contributed by atoms with E-state index in [2.05, 4.69) is 25.8 Å². The molecule has 6 nitrogen and oxygen atoms in total. The van der Waals surface area contributed by atoms with E-state index in [0.717, 1.165) is 5.56 Å². The van der Waals surface area contributed by atoms with Crippen LogP contribution in [-0.4, -0.2) is 43.9 Å². The van der Waals surface area contributed by atoms with Gasteiger partial charge < -0.3 is 10.5 Å². The minimum absolute atomic E-state index is 0.0293. The minimum atomic E-state index is -3.56. The Morgan fingerprint density at radius 3 is 2.46 bits per heavy atom. The summed E-state index contributed by atoms with van der Waals surface area (Å²) in [5.41, 5.74) is 7.10. The molecule has 1 heterocycles. The zero-order chi connectivity index (χ0) is 19.4. The number of hydrogen-bond acceptors (Lipinski definition) is 5. The summed E-state index contributed by atoms with van der Waals surface area (Å²) in [6.45, 7) is 6.66. The van der Waals surface area contributed by atoms with Crippen LogP contribution in [0.15, 0.2) is 53.7 Å². The Balaban J connectivity index is 1.96. The molecular formula is C19H27N3O3S. The molecule has 0 bridgehead atoms. The van der Waals surface area contributed by atoms with Gasteiger partial charge in [0.25, 0.3) is 0 Å². The SMILES string of the molecule is CN(C[C@H](N)COc1cncc(C(C)(C)C)c1)S(=O)(=O)c1ccccc1. The van der Waals surface area contributed by atoms with E-state index in [1.807, 2.05) is 12.3 Å². The standard InChI is InChI=1S/C19H27N3O3S/c1-19(2,3)15-10-17(12-21-11-15)25-14-16(20)13-22(4)26(23,24)18-8-6-5-7-9-18/h5-12,16H,13-14,20H2,1-4H3/t16-/m0/s1. The van der Waals surface area contributed by atoms with Crippen molar-refractivity contribution in [1.29, 1.82) is 0 Å². The lowest BCUT2D eigenvalue weighted by molar-refractivity contribution is 0.269. The van der Waals surface area contributed by atoms with Crippen LogP contribution >= 0.6 is 0 Å². The maximum atomic E-state index is 12.5. The quantitative estimate of drug-likeness (QED) is 0.801. The van der Waals surface area contributed by atoms with Crippen LogP contribution in [0.4, 0.5) is 0 Å². The highest BCUT2D eigenvalue weighted by Crippen LogP contribution is 2.24. The topological polar surface area (TPSA) is 85.5 Å². The fourth-order valence-corrected chi connectivity index (χ4v) is 3.61. The Labute approximate surface area is 156 Å². The number of hydrogen-bond donors (Lipinski definition) is 1. The van der Waals surface area contributed by atoms with Gasteiger partial charge in [-0.3, -0.25) is 4.98 Å². The smallest absolute Gasteiger partial charge is 0.242 e. The van der Waals surface area contributed by atoms with Crippen LogP contribution < -0.4 is 10.5 Å². The highest BCUT2D eigenvalue weighted by Gasteiger charge is 2.22. The molecule has 0 radical (unpaired) electrons. The third-order valence-electron chi connectivity index (χ3n) is 3.99. The fourth-order valence-electron chi connectivity index (χ4n) is 2.36. The van der Waals surface area contributed by atoms with E-state index in [-0.39, 0.29) is 23.5 Å². The first kappa shape index (κ1) is 20.4. The molecule has 0 unspecified atom stereocenters. The summed E-state index contributed by atoms with van der Waals surface area (Å²) in [5, 5.41) is 0. The van der Waals surface area contributed by atoms with E-state index in [4.69, 9.17) is 10.5 Å². The van der Waals surface area contributed by atoms with Crippen molar-refractivity contribution in [2.24, 2.45) is 5.73 Å². The summed E-state index contributed by atoms with van der Waals surface area (Å²) in [6, 6.07) is 9.77. The summed E-state index contributed by atoms with van der Waals surface area (Å²) in [6.07, 6.45) is 3.44. The molecule has 2 aromatic rings. The van der Waals surface area contributed by atoms with Crippen LogP contribution in [0.5, 0.6) is 5.75 Å². The fraction of sp³-hybridized carbons (Fsp3) is 0.421. The van der Waals surface area contributed by atoms with Crippen LogP contribution in [0.25, 0.3) is 0 Å². The van der Waals surface area contributed by atoms with Crippen molar-refractivity contribution in [3.8, 4) is 5.75 Å². The second-order valence-corrected chi connectivity index (χ2v) is 9.37. The number of nitrogens with zero attached hydrogens (tertiary/aromatic N) is 2. The van der Waals surface area contributed by atoms with Gasteiger partial charge in [-0.05, 0) is 29.2 Å². The van der Waals surface area contributed by atoms with Gasteiger partial charge in [0.2, 0.25) is 10.0 Å². The average molecular weight is 378 g/mol. The summed E-state index contributed by atoms with van der Waals surface area (Å²) in [4.78, 5) is 4.44. The first-order chi connectivity index (χ1) is 12.1. The molecule has 0 saturated carbocycles. The van der Waals surface area contributed by atoms with Gasteiger partial charge in [0.15, 0.2) is 0 Å². The summed E-state index contributed by atoms with van der Waals surface area (Å²) in [5.74, 6) is 0.626. The Morgan fingerprint density at radius 2 is 1.85 bits per heavy atom. The second kappa shape index (κ2) is 8.16. The molecule has 2 N–H and O–H groups in total. The van der Waals surface area contributed by atoms with Crippen molar-refractivity contribution in [1.82, 2.24) is 9.29 Å². The number of benzene rings is 1. The number of sulfonamides is 1. The van der Waals surface area contributed by atoms with Gasteiger partial charge in [-0.15, -0.1) is 0 Å². The molecule has 7 heteroatoms. The van der Waals surface area contributed by atoms with Crippen molar-refractivity contribution in [2.75, 3.05) is 20.2 Å². The maximum Gasteiger partial charge on any atom is 0.242 e. The van der Waals surface area contributed by atoms with E-state index in [1.54, 1.807) is 36.5 Å². The Kier molecular flexibility index (Phi) is 6.39. The van der Waals surface area contributed by atoms with Gasteiger partial charge in [-0.2, -0.15) is 4.31 Å². The molecule has 142 valence electrons. The Bertz CT molecular complexity index is 817. The summed E-state index contributed by atoms with van der Waals surface area (Å²) < 4.78 is 32.0. The van der Waals surface area contributed by atoms with Crippen molar-refractivity contribution in [3.05, 3.63) is 54.4 Å². The molecule has 1 atom stereocenters. The van der Waals surface area contributed by atoms with E-state index < -0.39 is 16.1 Å². The number of ether oxygens (including phenoxy) is 1. The molecule has 0 amide bonds. The van der Waals surface area contributed by atoms with E-state index in [0.29, 0.717) is 5.75 Å². The molecule has 0 aliphatic rings. The van der Waals surface area contributed by atoms with Gasteiger partial charge in [0.1, 0.15) is 12.4 Å². The van der Waals surface area contributed by atoms with Crippen LogP contribution in [0, 0.1) is 0 Å². The van der Waals surface area contributed by atoms with Gasteiger partial charge in [0.05, 0.1) is 17.1 Å². The number of nitrogens with two attached hydrogens (primary N) is 1. The zero-order valence-corrected chi connectivity index (χ0v) is 16.5. The lowest BCUT2D eigenvalue weighted by Crippen LogP contribution is -2.42. The molecule has 0 fully saturated rings. The lowest BCUT2D eigenvalue weighted by atomic mass is 9.88. The van der Waals surface area contributed by atoms with Crippen LogP contribution in [0.1, 0.15) is 26.3 Å². The molecular weight excluding hydrogens is 350 g/mol. The number of pyridine rings is 1. The van der Waals surface area contributed by atoms with Crippen molar-refractivity contribution in [2.45, 2.75) is 37.1 Å².